The van der Waals surface area contributed by atoms with Gasteiger partial charge in [0.1, 0.15) is 0 Å². The Bertz CT molecular complexity index is 738. The molecular weight excluding hydrogens is 437 g/mol. The van der Waals surface area contributed by atoms with Crippen molar-refractivity contribution in [2.75, 3.05) is 29.7 Å². The number of aryl methyl sites for hydroxylation is 1. The molecular formula is C18H19Cl5N2O. The number of phenols is 1. The van der Waals surface area contributed by atoms with Crippen LogP contribution in [0.1, 0.15) is 11.1 Å². The SMILES string of the molecule is Cc1cc(N(CCCl)CCCl)ccc1C=Nc1cc(Cl)c(O)c(Cl)c1.Cl. The van der Waals surface area contributed by atoms with Crippen molar-refractivity contribution >= 4 is 76.4 Å². The predicted molar refractivity (Wildman–Crippen MR) is 117 cm³/mol. The lowest BCUT2D eigenvalue weighted by molar-refractivity contribution is 0.476. The van der Waals surface area contributed by atoms with E-state index < -0.39 is 0 Å². The molecule has 2 rings (SSSR count). The third-order valence-electron chi connectivity index (χ3n) is 3.68. The first-order valence-electron chi connectivity index (χ1n) is 7.66. The van der Waals surface area contributed by atoms with Crippen LogP contribution in [0.5, 0.6) is 5.75 Å². The summed E-state index contributed by atoms with van der Waals surface area (Å²) in [4.78, 5) is 6.53. The molecule has 26 heavy (non-hydrogen) atoms. The van der Waals surface area contributed by atoms with E-state index >= 15 is 0 Å². The zero-order valence-electron chi connectivity index (χ0n) is 14.1. The van der Waals surface area contributed by atoms with Gasteiger partial charge in [0.25, 0.3) is 0 Å². The zero-order valence-corrected chi connectivity index (χ0v) is 17.9. The highest BCUT2D eigenvalue weighted by atomic mass is 35.5. The van der Waals surface area contributed by atoms with E-state index in [4.69, 9.17) is 46.4 Å². The summed E-state index contributed by atoms with van der Waals surface area (Å²) in [6.07, 6.45) is 1.74. The van der Waals surface area contributed by atoms with Crippen LogP contribution in [0, 0.1) is 6.92 Å². The average molecular weight is 457 g/mol. The highest BCUT2D eigenvalue weighted by Gasteiger charge is 2.08. The molecule has 0 unspecified atom stereocenters. The minimum atomic E-state index is -0.138. The Morgan fingerprint density at radius 3 is 2.12 bits per heavy atom. The molecule has 2 aromatic rings. The van der Waals surface area contributed by atoms with Crippen LogP contribution in [0.2, 0.25) is 10.0 Å². The van der Waals surface area contributed by atoms with Crippen LogP contribution in [0.4, 0.5) is 11.4 Å². The number of halogens is 5. The van der Waals surface area contributed by atoms with Gasteiger partial charge < -0.3 is 10.0 Å². The molecule has 0 fully saturated rings. The Morgan fingerprint density at radius 1 is 1.04 bits per heavy atom. The Balaban J connectivity index is 0.00000338. The molecule has 1 N–H and O–H groups in total. The van der Waals surface area contributed by atoms with Crippen LogP contribution in [0.3, 0.4) is 0 Å². The number of hydrogen-bond acceptors (Lipinski definition) is 3. The topological polar surface area (TPSA) is 35.8 Å². The minimum absolute atomic E-state index is 0. The number of aromatic hydroxyl groups is 1. The number of rotatable bonds is 7. The van der Waals surface area contributed by atoms with Gasteiger partial charge in [-0.15, -0.1) is 35.6 Å². The smallest absolute Gasteiger partial charge is 0.152 e. The van der Waals surface area contributed by atoms with Gasteiger partial charge in [-0.1, -0.05) is 29.3 Å². The van der Waals surface area contributed by atoms with Gasteiger partial charge >= 0.3 is 0 Å². The zero-order chi connectivity index (χ0) is 18.4. The number of hydrogen-bond donors (Lipinski definition) is 1. The molecule has 8 heteroatoms. The number of benzene rings is 2. The summed E-state index contributed by atoms with van der Waals surface area (Å²) < 4.78 is 0. The number of anilines is 1. The van der Waals surface area contributed by atoms with Gasteiger partial charge in [0.2, 0.25) is 0 Å². The lowest BCUT2D eigenvalue weighted by Crippen LogP contribution is -2.27. The van der Waals surface area contributed by atoms with Crippen molar-refractivity contribution in [1.29, 1.82) is 0 Å². The third-order valence-corrected chi connectivity index (χ3v) is 4.60. The van der Waals surface area contributed by atoms with E-state index in [0.29, 0.717) is 17.4 Å². The number of alkyl halides is 2. The molecule has 0 radical (unpaired) electrons. The highest BCUT2D eigenvalue weighted by molar-refractivity contribution is 6.37. The Labute approximate surface area is 179 Å². The Kier molecular flexibility index (Phi) is 9.91. The van der Waals surface area contributed by atoms with Crippen molar-refractivity contribution < 1.29 is 5.11 Å². The first-order valence-corrected chi connectivity index (χ1v) is 9.48. The number of aliphatic imine (C=N–C) groups is 1. The summed E-state index contributed by atoms with van der Waals surface area (Å²) in [6, 6.07) is 9.21. The van der Waals surface area contributed by atoms with Crippen molar-refractivity contribution in [1.82, 2.24) is 0 Å². The molecule has 0 atom stereocenters. The molecule has 0 aliphatic heterocycles. The summed E-state index contributed by atoms with van der Waals surface area (Å²) in [5, 5.41) is 9.93. The first-order chi connectivity index (χ1) is 12.0. The maximum absolute atomic E-state index is 9.59. The van der Waals surface area contributed by atoms with E-state index in [-0.39, 0.29) is 28.2 Å². The second kappa shape index (κ2) is 11.1. The summed E-state index contributed by atoms with van der Waals surface area (Å²) in [5.74, 6) is 0.949. The van der Waals surface area contributed by atoms with E-state index in [2.05, 4.69) is 16.0 Å². The molecule has 0 saturated heterocycles. The largest absolute Gasteiger partial charge is 0.505 e. The molecule has 2 aromatic carbocycles. The summed E-state index contributed by atoms with van der Waals surface area (Å²) in [6.45, 7) is 3.50. The molecule has 0 amide bonds. The van der Waals surface area contributed by atoms with E-state index in [1.807, 2.05) is 19.1 Å². The molecule has 0 saturated carbocycles. The van der Waals surface area contributed by atoms with Crippen LogP contribution >= 0.6 is 58.8 Å². The maximum Gasteiger partial charge on any atom is 0.152 e. The van der Waals surface area contributed by atoms with Gasteiger partial charge in [-0.05, 0) is 42.3 Å². The van der Waals surface area contributed by atoms with Crippen molar-refractivity contribution in [3.8, 4) is 5.75 Å². The maximum atomic E-state index is 9.59. The Morgan fingerprint density at radius 2 is 1.62 bits per heavy atom. The monoisotopic (exact) mass is 454 g/mol. The fraction of sp³-hybridized carbons (Fsp3) is 0.278. The fourth-order valence-corrected chi connectivity index (χ4v) is 3.23. The van der Waals surface area contributed by atoms with Crippen molar-refractivity contribution in [2.45, 2.75) is 6.92 Å². The number of phenolic OH excluding ortho intramolecular Hbond substituents is 1. The second-order valence-corrected chi connectivity index (χ2v) is 6.99. The molecule has 0 aliphatic carbocycles. The van der Waals surface area contributed by atoms with Gasteiger partial charge in [-0.25, -0.2) is 0 Å². The second-order valence-electron chi connectivity index (χ2n) is 5.42. The Hall–Kier alpha value is -0.840. The summed E-state index contributed by atoms with van der Waals surface area (Å²) >= 11 is 23.5. The van der Waals surface area contributed by atoms with E-state index in [1.165, 1.54) is 0 Å². The minimum Gasteiger partial charge on any atom is -0.505 e. The van der Waals surface area contributed by atoms with E-state index in [1.54, 1.807) is 18.3 Å². The van der Waals surface area contributed by atoms with Crippen LogP contribution in [-0.2, 0) is 0 Å². The van der Waals surface area contributed by atoms with Crippen LogP contribution < -0.4 is 4.90 Å². The van der Waals surface area contributed by atoms with Gasteiger partial charge in [0.05, 0.1) is 15.7 Å². The fourth-order valence-electron chi connectivity index (χ4n) is 2.35. The van der Waals surface area contributed by atoms with E-state index in [0.717, 1.165) is 29.9 Å². The van der Waals surface area contributed by atoms with E-state index in [9.17, 15) is 5.11 Å². The van der Waals surface area contributed by atoms with Gasteiger partial charge in [0.15, 0.2) is 5.75 Å². The molecule has 0 bridgehead atoms. The van der Waals surface area contributed by atoms with Gasteiger partial charge in [-0.3, -0.25) is 4.99 Å². The third kappa shape index (κ3) is 6.11. The lowest BCUT2D eigenvalue weighted by atomic mass is 10.1. The molecule has 0 aromatic heterocycles. The van der Waals surface area contributed by atoms with Gasteiger partial charge in [0, 0.05) is 36.8 Å². The molecule has 0 aliphatic rings. The molecule has 3 nitrogen and oxygen atoms in total. The van der Waals surface area contributed by atoms with Crippen molar-refractivity contribution in [2.24, 2.45) is 4.99 Å². The normalized spacial score (nSPS) is 10.8. The van der Waals surface area contributed by atoms with Crippen molar-refractivity contribution in [3.63, 3.8) is 0 Å². The molecule has 0 spiro atoms. The summed E-state index contributed by atoms with van der Waals surface area (Å²) in [5.41, 5.74) is 3.70. The van der Waals surface area contributed by atoms with Gasteiger partial charge in [-0.2, -0.15) is 0 Å². The standard InChI is InChI=1S/C18H18Cl4N2O.ClH/c1-12-8-15(24(6-4-19)7-5-20)3-2-13(12)11-23-14-9-16(21)18(25)17(22)10-14;/h2-3,8-11,25H,4-7H2,1H3;1H. The van der Waals surface area contributed by atoms with Crippen LogP contribution in [0.25, 0.3) is 0 Å². The van der Waals surface area contributed by atoms with Crippen LogP contribution in [0.15, 0.2) is 35.3 Å². The van der Waals surface area contributed by atoms with Crippen LogP contribution in [-0.4, -0.2) is 36.2 Å². The summed E-state index contributed by atoms with van der Waals surface area (Å²) in [7, 11) is 0. The first kappa shape index (κ1) is 23.2. The highest BCUT2D eigenvalue weighted by Crippen LogP contribution is 2.35. The quantitative estimate of drug-likeness (QED) is 0.383. The average Bonchev–Trinajstić information content (AvgIpc) is 2.58. The number of nitrogens with zero attached hydrogens (tertiary/aromatic N) is 2. The molecule has 142 valence electrons. The van der Waals surface area contributed by atoms with Crippen molar-refractivity contribution in [3.05, 3.63) is 51.5 Å². The lowest BCUT2D eigenvalue weighted by Gasteiger charge is -2.23. The molecule has 0 heterocycles. The predicted octanol–water partition coefficient (Wildman–Crippen LogP) is 6.46.